The second-order valence-electron chi connectivity index (χ2n) is 5.39. The summed E-state index contributed by atoms with van der Waals surface area (Å²) >= 11 is 0. The first kappa shape index (κ1) is 18.3. The summed E-state index contributed by atoms with van der Waals surface area (Å²) in [6, 6.07) is 7.36. The molecule has 2 rings (SSSR count). The van der Waals surface area contributed by atoms with Crippen molar-refractivity contribution >= 4 is 24.2 Å². The number of rotatable bonds is 6. The van der Waals surface area contributed by atoms with Gasteiger partial charge in [0.2, 0.25) is 5.91 Å². The van der Waals surface area contributed by atoms with Gasteiger partial charge in [0.15, 0.2) is 6.61 Å². The van der Waals surface area contributed by atoms with Gasteiger partial charge in [0.1, 0.15) is 5.75 Å². The van der Waals surface area contributed by atoms with Crippen LogP contribution in [0, 0.1) is 5.92 Å². The van der Waals surface area contributed by atoms with E-state index in [0.717, 1.165) is 24.8 Å². The maximum atomic E-state index is 12.0. The van der Waals surface area contributed by atoms with Gasteiger partial charge in [-0.1, -0.05) is 12.1 Å². The largest absolute Gasteiger partial charge is 0.484 e. The van der Waals surface area contributed by atoms with E-state index in [9.17, 15) is 9.59 Å². The first-order chi connectivity index (χ1) is 10.0. The third kappa shape index (κ3) is 5.54. The summed E-state index contributed by atoms with van der Waals surface area (Å²) in [5.41, 5.74) is 11.7. The number of hydrogen-bond acceptors (Lipinski definition) is 4. The van der Waals surface area contributed by atoms with E-state index in [-0.39, 0.29) is 36.9 Å². The van der Waals surface area contributed by atoms with Gasteiger partial charge in [-0.15, -0.1) is 12.4 Å². The van der Waals surface area contributed by atoms with Gasteiger partial charge in [0.05, 0.1) is 0 Å². The van der Waals surface area contributed by atoms with Crippen LogP contribution in [0.3, 0.4) is 0 Å². The lowest BCUT2D eigenvalue weighted by atomic mass is 10.1. The predicted molar refractivity (Wildman–Crippen MR) is 85.5 cm³/mol. The first-order valence-electron chi connectivity index (χ1n) is 7.08. The average molecular weight is 328 g/mol. The molecule has 22 heavy (non-hydrogen) atoms. The molecule has 0 saturated heterocycles. The molecule has 2 amide bonds. The molecule has 2 atom stereocenters. The van der Waals surface area contributed by atoms with Crippen LogP contribution in [0.5, 0.6) is 5.75 Å². The molecule has 0 aromatic heterocycles. The van der Waals surface area contributed by atoms with E-state index in [0.29, 0.717) is 12.3 Å². The van der Waals surface area contributed by atoms with Crippen molar-refractivity contribution in [3.63, 3.8) is 0 Å². The lowest BCUT2D eigenvalue weighted by Crippen LogP contribution is -2.30. The minimum Gasteiger partial charge on any atom is -0.484 e. The molecule has 0 bridgehead atoms. The van der Waals surface area contributed by atoms with E-state index in [1.165, 1.54) is 0 Å². The van der Waals surface area contributed by atoms with Gasteiger partial charge in [-0.05, 0) is 37.0 Å². The molecule has 0 radical (unpaired) electrons. The highest BCUT2D eigenvalue weighted by molar-refractivity contribution is 5.85. The predicted octanol–water partition coefficient (Wildman–Crippen LogP) is 0.716. The van der Waals surface area contributed by atoms with Gasteiger partial charge in [0, 0.05) is 18.5 Å². The smallest absolute Gasteiger partial charge is 0.255 e. The fourth-order valence-electron chi connectivity index (χ4n) is 2.49. The number of nitrogens with one attached hydrogen (secondary N) is 1. The van der Waals surface area contributed by atoms with Crippen LogP contribution in [0.1, 0.15) is 24.8 Å². The summed E-state index contributed by atoms with van der Waals surface area (Å²) in [5.74, 6) is 0.107. The van der Waals surface area contributed by atoms with Crippen molar-refractivity contribution < 1.29 is 14.3 Å². The number of primary amides is 1. The quantitative estimate of drug-likeness (QED) is 0.715. The van der Waals surface area contributed by atoms with Crippen molar-refractivity contribution in [2.45, 2.75) is 31.8 Å². The lowest BCUT2D eigenvalue weighted by Gasteiger charge is -2.11. The Morgan fingerprint density at radius 2 is 2.09 bits per heavy atom. The molecule has 5 N–H and O–H groups in total. The molecule has 1 aromatic carbocycles. The summed E-state index contributed by atoms with van der Waals surface area (Å²) < 4.78 is 5.22. The van der Waals surface area contributed by atoms with Crippen molar-refractivity contribution in [3.8, 4) is 5.75 Å². The molecular formula is C15H22ClN3O3. The summed E-state index contributed by atoms with van der Waals surface area (Å²) in [6.07, 6.45) is 2.52. The van der Waals surface area contributed by atoms with Crippen molar-refractivity contribution in [3.05, 3.63) is 29.8 Å². The Morgan fingerprint density at radius 1 is 1.32 bits per heavy atom. The van der Waals surface area contributed by atoms with Crippen molar-refractivity contribution in [1.29, 1.82) is 0 Å². The zero-order valence-corrected chi connectivity index (χ0v) is 13.1. The van der Waals surface area contributed by atoms with E-state index >= 15 is 0 Å². The van der Waals surface area contributed by atoms with Crippen LogP contribution in [0.2, 0.25) is 0 Å². The highest BCUT2D eigenvalue weighted by atomic mass is 35.5. The summed E-state index contributed by atoms with van der Waals surface area (Å²) in [4.78, 5) is 22.7. The second kappa shape index (κ2) is 8.60. The third-order valence-corrected chi connectivity index (χ3v) is 3.59. The van der Waals surface area contributed by atoms with E-state index in [2.05, 4.69) is 5.32 Å². The fraction of sp³-hybridized carbons (Fsp3) is 0.467. The lowest BCUT2D eigenvalue weighted by molar-refractivity contribution is -0.125. The first-order valence-corrected chi connectivity index (χ1v) is 7.08. The Kier molecular flexibility index (Phi) is 7.14. The number of carbonyl (C=O) groups is 2. The van der Waals surface area contributed by atoms with E-state index in [1.54, 1.807) is 12.1 Å². The van der Waals surface area contributed by atoms with E-state index < -0.39 is 5.91 Å². The number of nitrogens with two attached hydrogens (primary N) is 2. The molecule has 0 heterocycles. The normalized spacial score (nSPS) is 20.0. The summed E-state index contributed by atoms with van der Waals surface area (Å²) in [5, 5.41) is 2.91. The molecule has 6 nitrogen and oxygen atoms in total. The molecule has 1 aliphatic carbocycles. The van der Waals surface area contributed by atoms with Crippen molar-refractivity contribution in [2.75, 3.05) is 6.61 Å². The summed E-state index contributed by atoms with van der Waals surface area (Å²) in [6.45, 7) is 0.272. The Labute approximate surface area is 136 Å². The minimum absolute atomic E-state index is 0. The van der Waals surface area contributed by atoms with Crippen molar-refractivity contribution in [2.24, 2.45) is 17.4 Å². The molecule has 122 valence electrons. The Balaban J connectivity index is 0.00000242. The average Bonchev–Trinajstić information content (AvgIpc) is 2.90. The molecule has 7 heteroatoms. The van der Waals surface area contributed by atoms with E-state index in [4.69, 9.17) is 16.2 Å². The highest BCUT2D eigenvalue weighted by Gasteiger charge is 2.27. The molecular weight excluding hydrogens is 306 g/mol. The van der Waals surface area contributed by atoms with Gasteiger partial charge in [-0.3, -0.25) is 9.59 Å². The summed E-state index contributed by atoms with van der Waals surface area (Å²) in [7, 11) is 0. The zero-order valence-electron chi connectivity index (χ0n) is 12.3. The molecule has 1 aromatic rings. The number of ether oxygens (including phenoxy) is 1. The van der Waals surface area contributed by atoms with Crippen LogP contribution >= 0.6 is 12.4 Å². The molecule has 0 aliphatic heterocycles. The van der Waals surface area contributed by atoms with Crippen LogP contribution in [0.4, 0.5) is 0 Å². The van der Waals surface area contributed by atoms with Gasteiger partial charge < -0.3 is 21.5 Å². The molecule has 1 saturated carbocycles. The van der Waals surface area contributed by atoms with Crippen LogP contribution in [-0.2, 0) is 16.1 Å². The highest BCUT2D eigenvalue weighted by Crippen LogP contribution is 2.24. The van der Waals surface area contributed by atoms with Crippen molar-refractivity contribution in [1.82, 2.24) is 5.32 Å². The number of hydrogen-bond donors (Lipinski definition) is 3. The minimum atomic E-state index is -0.522. The second-order valence-corrected chi connectivity index (χ2v) is 5.39. The van der Waals surface area contributed by atoms with Crippen LogP contribution in [0.15, 0.2) is 24.3 Å². The Bertz CT molecular complexity index is 525. The monoisotopic (exact) mass is 327 g/mol. The van der Waals surface area contributed by atoms with Gasteiger partial charge in [-0.2, -0.15) is 0 Å². The van der Waals surface area contributed by atoms with Gasteiger partial charge in [-0.25, -0.2) is 0 Å². The van der Waals surface area contributed by atoms with Gasteiger partial charge >= 0.3 is 0 Å². The van der Waals surface area contributed by atoms with E-state index in [1.807, 2.05) is 12.1 Å². The Morgan fingerprint density at radius 3 is 2.73 bits per heavy atom. The maximum Gasteiger partial charge on any atom is 0.255 e. The standard InChI is InChI=1S/C15H21N3O3.ClH/c16-12-5-4-11(7-12)15(20)18-8-10-2-1-3-13(6-10)21-9-14(17)19;/h1-3,6,11-12H,4-5,7-9,16H2,(H2,17,19)(H,18,20);1H. The molecule has 1 fully saturated rings. The van der Waals surface area contributed by atoms with Crippen LogP contribution in [0.25, 0.3) is 0 Å². The SMILES string of the molecule is Cl.NC(=O)COc1cccc(CNC(=O)C2CCC(N)C2)c1. The molecule has 0 spiro atoms. The fourth-order valence-corrected chi connectivity index (χ4v) is 2.49. The third-order valence-electron chi connectivity index (χ3n) is 3.59. The number of amides is 2. The maximum absolute atomic E-state index is 12.0. The van der Waals surface area contributed by atoms with Crippen LogP contribution < -0.4 is 21.5 Å². The molecule has 2 unspecified atom stereocenters. The van der Waals surface area contributed by atoms with Gasteiger partial charge in [0.25, 0.3) is 5.91 Å². The Hall–Kier alpha value is -1.79. The number of halogens is 1. The molecule has 1 aliphatic rings. The number of benzene rings is 1. The zero-order chi connectivity index (χ0) is 15.2. The topological polar surface area (TPSA) is 107 Å². The number of carbonyl (C=O) groups excluding carboxylic acids is 2. The van der Waals surface area contributed by atoms with Crippen LogP contribution in [-0.4, -0.2) is 24.5 Å².